The number of anilines is 1. The molecule has 1 aliphatic carbocycles. The molecule has 0 amide bonds. The maximum absolute atomic E-state index is 4.32. The minimum Gasteiger partial charge on any atom is -0.371 e. The molecule has 0 saturated heterocycles. The molecule has 0 bridgehead atoms. The van der Waals surface area contributed by atoms with Gasteiger partial charge in [0.05, 0.1) is 5.69 Å². The molecule has 19 heavy (non-hydrogen) atoms. The lowest BCUT2D eigenvalue weighted by atomic mass is 9.90. The molecular formula is C16H19N3. The van der Waals surface area contributed by atoms with Crippen molar-refractivity contribution in [1.29, 1.82) is 0 Å². The van der Waals surface area contributed by atoms with Crippen molar-refractivity contribution in [2.75, 3.05) is 12.4 Å². The van der Waals surface area contributed by atoms with Crippen LogP contribution in [-0.2, 0) is 12.8 Å². The third kappa shape index (κ3) is 2.33. The monoisotopic (exact) mass is 253 g/mol. The molecular weight excluding hydrogens is 234 g/mol. The number of rotatable bonds is 2. The van der Waals surface area contributed by atoms with Crippen molar-refractivity contribution in [3.8, 4) is 11.3 Å². The number of fused-ring (bicyclic) bond motifs is 1. The fourth-order valence-electron chi connectivity index (χ4n) is 2.77. The van der Waals surface area contributed by atoms with Gasteiger partial charge in [0.1, 0.15) is 0 Å². The molecule has 0 unspecified atom stereocenters. The zero-order chi connectivity index (χ0) is 13.2. The summed E-state index contributed by atoms with van der Waals surface area (Å²) < 4.78 is 0. The van der Waals surface area contributed by atoms with Crippen molar-refractivity contribution < 1.29 is 0 Å². The number of benzene rings is 1. The molecule has 1 aromatic heterocycles. The van der Waals surface area contributed by atoms with E-state index in [1.54, 1.807) is 0 Å². The first kappa shape index (κ1) is 12.2. The molecule has 0 spiro atoms. The molecule has 0 aliphatic heterocycles. The van der Waals surface area contributed by atoms with E-state index in [2.05, 4.69) is 46.7 Å². The van der Waals surface area contributed by atoms with Crippen LogP contribution < -0.4 is 5.32 Å². The van der Waals surface area contributed by atoms with Crippen molar-refractivity contribution >= 4 is 5.82 Å². The average molecular weight is 253 g/mol. The van der Waals surface area contributed by atoms with Crippen LogP contribution in [0.3, 0.4) is 0 Å². The zero-order valence-corrected chi connectivity index (χ0v) is 11.5. The molecule has 98 valence electrons. The molecule has 1 heterocycles. The van der Waals surface area contributed by atoms with Crippen LogP contribution in [0, 0.1) is 6.92 Å². The number of hydrogen-bond acceptors (Lipinski definition) is 3. The van der Waals surface area contributed by atoms with Gasteiger partial charge >= 0.3 is 0 Å². The van der Waals surface area contributed by atoms with Crippen LogP contribution in [0.15, 0.2) is 24.3 Å². The van der Waals surface area contributed by atoms with Gasteiger partial charge in [-0.25, -0.2) is 0 Å². The first-order chi connectivity index (χ1) is 9.28. The highest BCUT2D eigenvalue weighted by Crippen LogP contribution is 2.27. The molecule has 3 heteroatoms. The van der Waals surface area contributed by atoms with Crippen LogP contribution in [0.5, 0.6) is 0 Å². The normalized spacial score (nSPS) is 14.0. The maximum Gasteiger partial charge on any atom is 0.151 e. The highest BCUT2D eigenvalue weighted by Gasteiger charge is 2.11. The third-order valence-electron chi connectivity index (χ3n) is 3.87. The Bertz CT molecular complexity index is 605. The number of aryl methyl sites for hydroxylation is 3. The second-order valence-corrected chi connectivity index (χ2v) is 5.20. The van der Waals surface area contributed by atoms with Crippen molar-refractivity contribution in [3.63, 3.8) is 0 Å². The van der Waals surface area contributed by atoms with E-state index in [1.165, 1.54) is 42.4 Å². The van der Waals surface area contributed by atoms with Crippen molar-refractivity contribution in [2.24, 2.45) is 0 Å². The Morgan fingerprint density at radius 3 is 2.53 bits per heavy atom. The van der Waals surface area contributed by atoms with E-state index in [4.69, 9.17) is 0 Å². The Hall–Kier alpha value is -1.90. The van der Waals surface area contributed by atoms with Crippen molar-refractivity contribution in [2.45, 2.75) is 32.6 Å². The van der Waals surface area contributed by atoms with Crippen molar-refractivity contribution in [1.82, 2.24) is 10.2 Å². The van der Waals surface area contributed by atoms with Crippen LogP contribution >= 0.6 is 0 Å². The summed E-state index contributed by atoms with van der Waals surface area (Å²) in [5, 5.41) is 11.6. The predicted octanol–water partition coefficient (Wildman–Crippen LogP) is 3.37. The minimum absolute atomic E-state index is 0.849. The van der Waals surface area contributed by atoms with E-state index in [-0.39, 0.29) is 0 Å². The summed E-state index contributed by atoms with van der Waals surface area (Å²) in [6, 6.07) is 8.82. The van der Waals surface area contributed by atoms with E-state index in [1.807, 2.05) is 7.05 Å². The summed E-state index contributed by atoms with van der Waals surface area (Å²) in [7, 11) is 1.87. The van der Waals surface area contributed by atoms with Crippen LogP contribution in [0.25, 0.3) is 11.3 Å². The van der Waals surface area contributed by atoms with E-state index < -0.39 is 0 Å². The molecule has 0 atom stereocenters. The Balaban J connectivity index is 2.00. The van der Waals surface area contributed by atoms with Gasteiger partial charge in [-0.05, 0) is 61.4 Å². The van der Waals surface area contributed by atoms with Gasteiger partial charge in [-0.1, -0.05) is 12.1 Å². The van der Waals surface area contributed by atoms with Gasteiger partial charge < -0.3 is 5.32 Å². The Morgan fingerprint density at radius 2 is 1.79 bits per heavy atom. The standard InChI is InChI=1S/C16H19N3/c1-11-9-15(18-19-16(11)17-2)14-8-7-12-5-3-4-6-13(12)10-14/h7-10H,3-6H2,1-2H3,(H,17,19). The lowest BCUT2D eigenvalue weighted by Gasteiger charge is -2.16. The molecule has 1 N–H and O–H groups in total. The molecule has 0 radical (unpaired) electrons. The van der Waals surface area contributed by atoms with Gasteiger partial charge in [-0.2, -0.15) is 0 Å². The van der Waals surface area contributed by atoms with E-state index in [0.29, 0.717) is 0 Å². The van der Waals surface area contributed by atoms with Crippen LogP contribution in [0.4, 0.5) is 5.82 Å². The molecule has 0 saturated carbocycles. The van der Waals surface area contributed by atoms with E-state index in [9.17, 15) is 0 Å². The van der Waals surface area contributed by atoms with E-state index >= 15 is 0 Å². The molecule has 3 rings (SSSR count). The lowest BCUT2D eigenvalue weighted by Crippen LogP contribution is -2.03. The molecule has 1 aliphatic rings. The fraction of sp³-hybridized carbons (Fsp3) is 0.375. The third-order valence-corrected chi connectivity index (χ3v) is 3.87. The lowest BCUT2D eigenvalue weighted by molar-refractivity contribution is 0.686. The Morgan fingerprint density at radius 1 is 1.00 bits per heavy atom. The number of aromatic nitrogens is 2. The van der Waals surface area contributed by atoms with Crippen molar-refractivity contribution in [3.05, 3.63) is 41.0 Å². The number of hydrogen-bond donors (Lipinski definition) is 1. The van der Waals surface area contributed by atoms with Crippen LogP contribution in [0.2, 0.25) is 0 Å². The SMILES string of the molecule is CNc1nnc(-c2ccc3c(c2)CCCC3)cc1C. The number of nitrogens with zero attached hydrogens (tertiary/aromatic N) is 2. The smallest absolute Gasteiger partial charge is 0.151 e. The molecule has 2 aromatic rings. The summed E-state index contributed by atoms with van der Waals surface area (Å²) in [4.78, 5) is 0. The Kier molecular flexibility index (Phi) is 3.20. The summed E-state index contributed by atoms with van der Waals surface area (Å²) in [5.41, 5.74) is 6.27. The first-order valence-electron chi connectivity index (χ1n) is 6.92. The topological polar surface area (TPSA) is 37.8 Å². The van der Waals surface area contributed by atoms with Gasteiger partial charge in [0, 0.05) is 12.6 Å². The highest BCUT2D eigenvalue weighted by atomic mass is 15.2. The molecule has 3 nitrogen and oxygen atoms in total. The summed E-state index contributed by atoms with van der Waals surface area (Å²) in [5.74, 6) is 0.849. The largest absolute Gasteiger partial charge is 0.371 e. The maximum atomic E-state index is 4.32. The average Bonchev–Trinajstić information content (AvgIpc) is 2.46. The fourth-order valence-corrected chi connectivity index (χ4v) is 2.77. The van der Waals surface area contributed by atoms with Crippen LogP contribution in [-0.4, -0.2) is 17.2 Å². The van der Waals surface area contributed by atoms with Gasteiger partial charge in [0.15, 0.2) is 5.82 Å². The van der Waals surface area contributed by atoms with Gasteiger partial charge in [0.2, 0.25) is 0 Å². The van der Waals surface area contributed by atoms with Gasteiger partial charge in [0.25, 0.3) is 0 Å². The summed E-state index contributed by atoms with van der Waals surface area (Å²) in [6.07, 6.45) is 5.05. The predicted molar refractivity (Wildman–Crippen MR) is 78.4 cm³/mol. The molecule has 0 fully saturated rings. The van der Waals surface area contributed by atoms with Gasteiger partial charge in [-0.15, -0.1) is 10.2 Å². The summed E-state index contributed by atoms with van der Waals surface area (Å²) in [6.45, 7) is 2.06. The second-order valence-electron chi connectivity index (χ2n) is 5.20. The quantitative estimate of drug-likeness (QED) is 0.891. The first-order valence-corrected chi connectivity index (χ1v) is 6.92. The highest BCUT2D eigenvalue weighted by molar-refractivity contribution is 5.63. The van der Waals surface area contributed by atoms with E-state index in [0.717, 1.165) is 17.1 Å². The Labute approximate surface area is 114 Å². The minimum atomic E-state index is 0.849. The van der Waals surface area contributed by atoms with Gasteiger partial charge in [-0.3, -0.25) is 0 Å². The number of nitrogens with one attached hydrogen (secondary N) is 1. The van der Waals surface area contributed by atoms with Crippen LogP contribution in [0.1, 0.15) is 29.5 Å². The molecule has 1 aromatic carbocycles. The zero-order valence-electron chi connectivity index (χ0n) is 11.5. The summed E-state index contributed by atoms with van der Waals surface area (Å²) >= 11 is 0. The second kappa shape index (κ2) is 5.00.